The number of rotatable bonds is 4. The number of benzene rings is 4. The number of carbonyl (C=O) groups excluding carboxylic acids is 4. The number of carbonyl (C=O) groups is 4. The van der Waals surface area contributed by atoms with Gasteiger partial charge in [-0.3, -0.25) is 19.2 Å². The topological polar surface area (TPSA) is 81.2 Å². The minimum atomic E-state index is -0.871. The average molecular weight is 555 g/mol. The Morgan fingerprint density at radius 3 is 1.00 bits per heavy atom. The second-order valence-electron chi connectivity index (χ2n) is 11.1. The molecule has 4 fully saturated rings. The maximum atomic E-state index is 14.3. The van der Waals surface area contributed by atoms with Crippen molar-refractivity contribution in [3.8, 4) is 0 Å². The molecule has 4 aliphatic rings. The van der Waals surface area contributed by atoms with Crippen LogP contribution in [0.3, 0.4) is 0 Å². The maximum absolute atomic E-state index is 14.3. The first kappa shape index (κ1) is 24.8. The van der Waals surface area contributed by atoms with Gasteiger partial charge in [-0.2, -0.15) is 0 Å². The van der Waals surface area contributed by atoms with Gasteiger partial charge in [0, 0.05) is 0 Å². The lowest BCUT2D eigenvalue weighted by atomic mass is 9.84. The van der Waals surface area contributed by atoms with Crippen molar-refractivity contribution in [2.75, 3.05) is 9.80 Å². The van der Waals surface area contributed by atoms with Gasteiger partial charge >= 0.3 is 0 Å². The van der Waals surface area contributed by atoms with E-state index >= 15 is 0 Å². The molecule has 0 radical (unpaired) electrons. The van der Waals surface area contributed by atoms with E-state index in [0.29, 0.717) is 11.4 Å². The van der Waals surface area contributed by atoms with Gasteiger partial charge < -0.3 is 0 Å². The zero-order valence-electron chi connectivity index (χ0n) is 22.4. The lowest BCUT2D eigenvalue weighted by Crippen LogP contribution is -2.50. The zero-order valence-corrected chi connectivity index (χ0v) is 22.4. The van der Waals surface area contributed by atoms with Crippen LogP contribution in [-0.2, 0) is 19.2 Å². The van der Waals surface area contributed by atoms with Gasteiger partial charge in [-0.1, -0.05) is 97.1 Å². The summed E-state index contributed by atoms with van der Waals surface area (Å²) in [7, 11) is 0. The van der Waals surface area contributed by atoms with Crippen LogP contribution < -0.4 is 9.80 Å². The third-order valence-corrected chi connectivity index (χ3v) is 9.04. The highest BCUT2D eigenvalue weighted by Gasteiger charge is 2.73. The second kappa shape index (κ2) is 9.30. The highest BCUT2D eigenvalue weighted by Crippen LogP contribution is 2.59. The van der Waals surface area contributed by atoms with Crippen molar-refractivity contribution in [2.45, 2.75) is 24.2 Å². The fraction of sp³-hybridized carbons (Fsp3) is 0.176. The number of para-hydroxylation sites is 2. The molecule has 8 heteroatoms. The van der Waals surface area contributed by atoms with Crippen molar-refractivity contribution in [1.82, 2.24) is 10.0 Å². The van der Waals surface area contributed by atoms with E-state index in [-0.39, 0.29) is 23.6 Å². The third-order valence-electron chi connectivity index (χ3n) is 9.04. The molecule has 0 aromatic heterocycles. The first-order valence-electron chi connectivity index (χ1n) is 14.1. The molecule has 206 valence electrons. The van der Waals surface area contributed by atoms with Crippen LogP contribution >= 0.6 is 0 Å². The smallest absolute Gasteiger partial charge is 0.253 e. The molecule has 4 heterocycles. The van der Waals surface area contributed by atoms with Crippen molar-refractivity contribution in [1.29, 1.82) is 0 Å². The number of nitrogens with zero attached hydrogens (tertiary/aromatic N) is 4. The van der Waals surface area contributed by atoms with Gasteiger partial charge in [0.05, 0.1) is 35.3 Å². The lowest BCUT2D eigenvalue weighted by molar-refractivity contribution is -0.136. The second-order valence-corrected chi connectivity index (χ2v) is 11.1. The van der Waals surface area contributed by atoms with Gasteiger partial charge in [0.25, 0.3) is 11.8 Å². The molecule has 4 saturated heterocycles. The van der Waals surface area contributed by atoms with Gasteiger partial charge in [0.1, 0.15) is 12.1 Å². The highest BCUT2D eigenvalue weighted by atomic mass is 16.2. The molecule has 42 heavy (non-hydrogen) atoms. The molecule has 0 spiro atoms. The quantitative estimate of drug-likeness (QED) is 0.353. The summed E-state index contributed by atoms with van der Waals surface area (Å²) in [6.07, 6.45) is 0. The molecule has 4 aliphatic heterocycles. The molecule has 0 saturated carbocycles. The summed E-state index contributed by atoms with van der Waals surface area (Å²) in [5.74, 6) is -2.83. The van der Waals surface area contributed by atoms with Crippen LogP contribution in [0.4, 0.5) is 11.4 Å². The van der Waals surface area contributed by atoms with Gasteiger partial charge in [0.2, 0.25) is 11.8 Å². The first-order chi connectivity index (χ1) is 20.6. The SMILES string of the molecule is O=C1[C@H]2[C@H](C(=O)N1c1ccccc1)N1[C@@H](c3ccccc3)[C@H]3C(=O)N(c4ccccc4)C(=O)[C@H]3N1[C@H]2c1ccccc1. The Kier molecular flexibility index (Phi) is 5.50. The molecule has 0 bridgehead atoms. The van der Waals surface area contributed by atoms with Gasteiger partial charge in [0.15, 0.2) is 0 Å². The van der Waals surface area contributed by atoms with E-state index in [1.807, 2.05) is 82.8 Å². The van der Waals surface area contributed by atoms with E-state index in [2.05, 4.69) is 0 Å². The Bertz CT molecular complexity index is 1590. The Labute approximate surface area is 242 Å². The van der Waals surface area contributed by atoms with Crippen LogP contribution in [0, 0.1) is 11.8 Å². The Morgan fingerprint density at radius 1 is 0.357 bits per heavy atom. The molecule has 6 atom stereocenters. The molecular weight excluding hydrogens is 528 g/mol. The molecule has 4 amide bonds. The Morgan fingerprint density at radius 2 is 0.667 bits per heavy atom. The molecule has 0 unspecified atom stereocenters. The fourth-order valence-electron chi connectivity index (χ4n) is 7.46. The number of hydrazine groups is 1. The first-order valence-corrected chi connectivity index (χ1v) is 14.1. The third kappa shape index (κ3) is 3.30. The molecule has 8 nitrogen and oxygen atoms in total. The predicted molar refractivity (Wildman–Crippen MR) is 154 cm³/mol. The molecule has 0 aliphatic carbocycles. The molecule has 4 aromatic rings. The largest absolute Gasteiger partial charge is 0.274 e. The summed E-state index contributed by atoms with van der Waals surface area (Å²) >= 11 is 0. The number of fused-ring (bicyclic) bond motifs is 5. The van der Waals surface area contributed by atoms with Crippen LogP contribution in [0.2, 0.25) is 0 Å². The Balaban J connectivity index is 1.33. The van der Waals surface area contributed by atoms with Crippen molar-refractivity contribution < 1.29 is 19.2 Å². The number of amides is 4. The number of hydrogen-bond acceptors (Lipinski definition) is 6. The van der Waals surface area contributed by atoms with E-state index < -0.39 is 36.0 Å². The van der Waals surface area contributed by atoms with Gasteiger partial charge in [-0.05, 0) is 35.4 Å². The van der Waals surface area contributed by atoms with E-state index in [1.54, 1.807) is 48.5 Å². The van der Waals surface area contributed by atoms with Crippen LogP contribution in [0.5, 0.6) is 0 Å². The van der Waals surface area contributed by atoms with E-state index in [1.165, 1.54) is 9.80 Å². The fourth-order valence-corrected chi connectivity index (χ4v) is 7.46. The standard InChI is InChI=1S/C34H26N4O4/c39-31-25-27(21-13-5-1-6-14-21)37-30-26(32(40)36(34(30)42)24-19-11-4-12-20-24)28(22-15-7-2-8-16-22)38(37)29(25)33(41)35(31)23-17-9-3-10-18-23/h1-20,25-30H/t25-,26-,27+,28+,29-,30+/m1/s1. The molecule has 4 aromatic carbocycles. The summed E-state index contributed by atoms with van der Waals surface area (Å²) in [4.78, 5) is 59.7. The van der Waals surface area contributed by atoms with E-state index in [0.717, 1.165) is 11.1 Å². The van der Waals surface area contributed by atoms with Crippen LogP contribution in [0.1, 0.15) is 23.2 Å². The van der Waals surface area contributed by atoms with E-state index in [9.17, 15) is 19.2 Å². The number of imide groups is 2. The van der Waals surface area contributed by atoms with Gasteiger partial charge in [-0.25, -0.2) is 19.8 Å². The summed E-state index contributed by atoms with van der Waals surface area (Å²) < 4.78 is 0. The monoisotopic (exact) mass is 554 g/mol. The van der Waals surface area contributed by atoms with Crippen molar-refractivity contribution >= 4 is 35.0 Å². The summed E-state index contributed by atoms with van der Waals surface area (Å²) in [5.41, 5.74) is 2.66. The molecule has 8 rings (SSSR count). The van der Waals surface area contributed by atoms with Crippen molar-refractivity contribution in [3.63, 3.8) is 0 Å². The summed E-state index contributed by atoms with van der Waals surface area (Å²) in [6, 6.07) is 34.0. The predicted octanol–water partition coefficient (Wildman–Crippen LogP) is 4.13. The van der Waals surface area contributed by atoms with Crippen molar-refractivity contribution in [2.24, 2.45) is 11.8 Å². The zero-order chi connectivity index (χ0) is 28.5. The van der Waals surface area contributed by atoms with Crippen LogP contribution in [-0.4, -0.2) is 45.7 Å². The Hall–Kier alpha value is -4.92. The number of hydrogen-bond donors (Lipinski definition) is 0. The number of anilines is 2. The van der Waals surface area contributed by atoms with Crippen LogP contribution in [0.25, 0.3) is 0 Å². The molecule has 0 N–H and O–H groups in total. The lowest BCUT2D eigenvalue weighted by Gasteiger charge is -2.35. The minimum Gasteiger partial charge on any atom is -0.274 e. The molecular formula is C34H26N4O4. The summed E-state index contributed by atoms with van der Waals surface area (Å²) in [5, 5.41) is 3.79. The highest BCUT2D eigenvalue weighted by molar-refractivity contribution is 6.26. The summed E-state index contributed by atoms with van der Waals surface area (Å²) in [6.45, 7) is 0. The van der Waals surface area contributed by atoms with Crippen LogP contribution in [0.15, 0.2) is 121 Å². The normalized spacial score (nSPS) is 28.9. The van der Waals surface area contributed by atoms with E-state index in [4.69, 9.17) is 0 Å². The van der Waals surface area contributed by atoms with Gasteiger partial charge in [-0.15, -0.1) is 0 Å². The maximum Gasteiger partial charge on any atom is 0.253 e. The minimum absolute atomic E-state index is 0.306. The van der Waals surface area contributed by atoms with Crippen molar-refractivity contribution in [3.05, 3.63) is 132 Å². The average Bonchev–Trinajstić information content (AvgIpc) is 3.70.